The number of nitrogens with one attached hydrogen (secondary N) is 1. The highest BCUT2D eigenvalue weighted by Crippen LogP contribution is 2.23. The number of hydrogen-bond donors (Lipinski definition) is 1. The third-order valence-electron chi connectivity index (χ3n) is 5.55. The minimum atomic E-state index is -0.190. The maximum Gasteiger partial charge on any atom is 0.274 e. The fourth-order valence-electron chi connectivity index (χ4n) is 3.84. The van der Waals surface area contributed by atoms with Gasteiger partial charge in [0, 0.05) is 43.2 Å². The van der Waals surface area contributed by atoms with E-state index in [0.717, 1.165) is 56.0 Å². The Morgan fingerprint density at radius 3 is 2.34 bits per heavy atom. The van der Waals surface area contributed by atoms with E-state index in [0.29, 0.717) is 11.6 Å². The van der Waals surface area contributed by atoms with Crippen molar-refractivity contribution in [1.29, 1.82) is 0 Å². The molecule has 0 bridgehead atoms. The van der Waals surface area contributed by atoms with Crippen molar-refractivity contribution >= 4 is 23.2 Å². The van der Waals surface area contributed by atoms with Gasteiger partial charge in [-0.1, -0.05) is 12.8 Å². The average Bonchev–Trinajstić information content (AvgIpc) is 3.00. The molecule has 1 aromatic carbocycles. The van der Waals surface area contributed by atoms with Gasteiger partial charge in [-0.25, -0.2) is 9.97 Å². The van der Waals surface area contributed by atoms with Crippen molar-refractivity contribution in [2.24, 2.45) is 0 Å². The molecule has 0 radical (unpaired) electrons. The Morgan fingerprint density at radius 1 is 1.03 bits per heavy atom. The highest BCUT2D eigenvalue weighted by molar-refractivity contribution is 6.03. The van der Waals surface area contributed by atoms with Crippen LogP contribution in [0.2, 0.25) is 0 Å². The number of nitrogens with zero attached hydrogens (tertiary/aromatic N) is 4. The summed E-state index contributed by atoms with van der Waals surface area (Å²) in [6.45, 7) is 12.1. The Labute approximate surface area is 174 Å². The van der Waals surface area contributed by atoms with Crippen LogP contribution in [0.4, 0.5) is 17.3 Å². The number of rotatable bonds is 6. The third-order valence-corrected chi connectivity index (χ3v) is 5.55. The molecule has 6 nitrogen and oxygen atoms in total. The van der Waals surface area contributed by atoms with Gasteiger partial charge in [0.2, 0.25) is 5.95 Å². The topological polar surface area (TPSA) is 61.4 Å². The lowest BCUT2D eigenvalue weighted by atomic mass is 10.1. The molecule has 0 saturated carbocycles. The summed E-state index contributed by atoms with van der Waals surface area (Å²) in [7, 11) is 0. The zero-order chi connectivity index (χ0) is 20.8. The molecule has 6 heteroatoms. The fraction of sp³-hybridized carbons (Fsp3) is 0.522. The third kappa shape index (κ3) is 5.25. The number of aromatic nitrogens is 2. The van der Waals surface area contributed by atoms with Gasteiger partial charge >= 0.3 is 0 Å². The Hall–Kier alpha value is -2.63. The summed E-state index contributed by atoms with van der Waals surface area (Å²) in [6, 6.07) is 7.92. The van der Waals surface area contributed by atoms with Crippen LogP contribution in [0, 0.1) is 13.8 Å². The normalized spacial score (nSPS) is 14.4. The Morgan fingerprint density at radius 2 is 1.72 bits per heavy atom. The fourth-order valence-corrected chi connectivity index (χ4v) is 3.84. The Balaban J connectivity index is 1.78. The molecule has 1 fully saturated rings. The number of amides is 1. The van der Waals surface area contributed by atoms with Crippen LogP contribution in [-0.4, -0.2) is 42.1 Å². The van der Waals surface area contributed by atoms with Crippen molar-refractivity contribution in [1.82, 2.24) is 9.97 Å². The predicted molar refractivity (Wildman–Crippen MR) is 120 cm³/mol. The predicted octanol–water partition coefficient (Wildman–Crippen LogP) is 4.57. The lowest BCUT2D eigenvalue weighted by Gasteiger charge is -2.22. The van der Waals surface area contributed by atoms with Crippen LogP contribution in [0.1, 0.15) is 61.3 Å². The Kier molecular flexibility index (Phi) is 7.07. The smallest absolute Gasteiger partial charge is 0.274 e. The number of hydrogen-bond acceptors (Lipinski definition) is 5. The first-order valence-corrected chi connectivity index (χ1v) is 10.8. The molecular formula is C23H33N5O. The molecule has 1 aliphatic heterocycles. The summed E-state index contributed by atoms with van der Waals surface area (Å²) in [6.07, 6.45) is 4.80. The largest absolute Gasteiger partial charge is 0.372 e. The van der Waals surface area contributed by atoms with Crippen molar-refractivity contribution in [2.75, 3.05) is 41.3 Å². The molecule has 0 unspecified atom stereocenters. The van der Waals surface area contributed by atoms with Gasteiger partial charge in [-0.3, -0.25) is 4.79 Å². The summed E-state index contributed by atoms with van der Waals surface area (Å²) in [5, 5.41) is 3.03. The monoisotopic (exact) mass is 395 g/mol. The van der Waals surface area contributed by atoms with Crippen LogP contribution in [-0.2, 0) is 0 Å². The Bertz CT molecular complexity index is 839. The van der Waals surface area contributed by atoms with Gasteiger partial charge in [0.1, 0.15) is 5.69 Å². The van der Waals surface area contributed by atoms with Gasteiger partial charge in [0.15, 0.2) is 0 Å². The minimum absolute atomic E-state index is 0.190. The number of carbonyl (C=O) groups excluding carboxylic acids is 1. The van der Waals surface area contributed by atoms with E-state index in [1.807, 2.05) is 19.9 Å². The second-order valence-electron chi connectivity index (χ2n) is 7.72. The van der Waals surface area contributed by atoms with Gasteiger partial charge < -0.3 is 15.1 Å². The zero-order valence-electron chi connectivity index (χ0n) is 18.2. The number of carbonyl (C=O) groups is 1. The van der Waals surface area contributed by atoms with E-state index in [-0.39, 0.29) is 5.91 Å². The highest BCUT2D eigenvalue weighted by atomic mass is 16.1. The first-order valence-electron chi connectivity index (χ1n) is 10.8. The molecule has 0 spiro atoms. The maximum atomic E-state index is 12.9. The standard InChI is InChI=1S/C23H33N5O/c1-5-27(6-2)19-11-12-20(17(3)15-19)25-22(29)21-16-18(4)24-23(26-21)28-13-9-7-8-10-14-28/h11-12,15-16H,5-10,13-14H2,1-4H3,(H,25,29). The van der Waals surface area contributed by atoms with Crippen LogP contribution in [0.3, 0.4) is 0 Å². The molecule has 156 valence electrons. The molecule has 1 aliphatic rings. The molecule has 1 amide bonds. The first kappa shape index (κ1) is 21.1. The van der Waals surface area contributed by atoms with Crippen LogP contribution in [0.15, 0.2) is 24.3 Å². The van der Waals surface area contributed by atoms with Crippen LogP contribution >= 0.6 is 0 Å². The molecule has 1 N–H and O–H groups in total. The summed E-state index contributed by atoms with van der Waals surface area (Å²) in [4.78, 5) is 26.6. The van der Waals surface area contributed by atoms with E-state index in [1.165, 1.54) is 18.5 Å². The van der Waals surface area contributed by atoms with E-state index >= 15 is 0 Å². The van der Waals surface area contributed by atoms with Crippen LogP contribution < -0.4 is 15.1 Å². The SMILES string of the molecule is CCN(CC)c1ccc(NC(=O)c2cc(C)nc(N3CCCCCC3)n2)c(C)c1. The maximum absolute atomic E-state index is 12.9. The minimum Gasteiger partial charge on any atom is -0.372 e. The quantitative estimate of drug-likeness (QED) is 0.776. The molecule has 29 heavy (non-hydrogen) atoms. The first-order chi connectivity index (χ1) is 14.0. The molecule has 0 aliphatic carbocycles. The lowest BCUT2D eigenvalue weighted by molar-refractivity contribution is 0.102. The van der Waals surface area contributed by atoms with Gasteiger partial charge in [-0.05, 0) is 70.4 Å². The van der Waals surface area contributed by atoms with E-state index < -0.39 is 0 Å². The number of benzene rings is 1. The number of anilines is 3. The summed E-state index contributed by atoms with van der Waals surface area (Å²) >= 11 is 0. The van der Waals surface area contributed by atoms with Crippen LogP contribution in [0.5, 0.6) is 0 Å². The second kappa shape index (κ2) is 9.72. The lowest BCUT2D eigenvalue weighted by Crippen LogP contribution is -2.27. The van der Waals surface area contributed by atoms with E-state index in [2.05, 4.69) is 51.1 Å². The van der Waals surface area contributed by atoms with Gasteiger partial charge in [-0.2, -0.15) is 0 Å². The average molecular weight is 396 g/mol. The van der Waals surface area contributed by atoms with Crippen molar-refractivity contribution in [3.8, 4) is 0 Å². The van der Waals surface area contributed by atoms with Crippen molar-refractivity contribution in [3.05, 3.63) is 41.2 Å². The zero-order valence-corrected chi connectivity index (χ0v) is 18.2. The van der Waals surface area contributed by atoms with E-state index in [9.17, 15) is 4.79 Å². The van der Waals surface area contributed by atoms with Gasteiger partial charge in [-0.15, -0.1) is 0 Å². The molecular weight excluding hydrogens is 362 g/mol. The summed E-state index contributed by atoms with van der Waals surface area (Å²) in [5.74, 6) is 0.482. The van der Waals surface area contributed by atoms with Gasteiger partial charge in [0.25, 0.3) is 5.91 Å². The van der Waals surface area contributed by atoms with Crippen molar-refractivity contribution in [2.45, 2.75) is 53.4 Å². The van der Waals surface area contributed by atoms with E-state index in [4.69, 9.17) is 0 Å². The number of aryl methyl sites for hydroxylation is 2. The second-order valence-corrected chi connectivity index (χ2v) is 7.72. The van der Waals surface area contributed by atoms with E-state index in [1.54, 1.807) is 6.07 Å². The molecule has 1 saturated heterocycles. The molecule has 3 rings (SSSR count). The summed E-state index contributed by atoms with van der Waals surface area (Å²) in [5.41, 5.74) is 4.27. The van der Waals surface area contributed by atoms with Crippen molar-refractivity contribution in [3.63, 3.8) is 0 Å². The molecule has 2 heterocycles. The molecule has 2 aromatic rings. The van der Waals surface area contributed by atoms with Crippen molar-refractivity contribution < 1.29 is 4.79 Å². The van der Waals surface area contributed by atoms with Gasteiger partial charge in [0.05, 0.1) is 0 Å². The summed E-state index contributed by atoms with van der Waals surface area (Å²) < 4.78 is 0. The van der Waals surface area contributed by atoms with Crippen LogP contribution in [0.25, 0.3) is 0 Å². The molecule has 1 aromatic heterocycles. The molecule has 0 atom stereocenters. The highest BCUT2D eigenvalue weighted by Gasteiger charge is 2.17.